The van der Waals surface area contributed by atoms with Gasteiger partial charge in [-0.15, -0.1) is 0 Å². The predicted octanol–water partition coefficient (Wildman–Crippen LogP) is 1.76. The fourth-order valence-electron chi connectivity index (χ4n) is 8.09. The maximum atomic E-state index is 14.4. The van der Waals surface area contributed by atoms with E-state index in [-0.39, 0.29) is 17.8 Å². The van der Waals surface area contributed by atoms with Crippen molar-refractivity contribution in [3.63, 3.8) is 0 Å². The number of fused-ring (bicyclic) bond motifs is 3. The van der Waals surface area contributed by atoms with Crippen LogP contribution in [0, 0.1) is 40.9 Å². The number of ether oxygens (including phenoxy) is 3. The Hall–Kier alpha value is -3.30. The Morgan fingerprint density at radius 3 is 2.21 bits per heavy atom. The van der Waals surface area contributed by atoms with Gasteiger partial charge >= 0.3 is 17.9 Å². The molecule has 1 unspecified atom stereocenters. The van der Waals surface area contributed by atoms with Gasteiger partial charge in [-0.2, -0.15) is 0 Å². The Morgan fingerprint density at radius 1 is 0.947 bits per heavy atom. The van der Waals surface area contributed by atoms with Crippen LogP contribution >= 0.6 is 0 Å². The molecule has 6 atom stereocenters. The van der Waals surface area contributed by atoms with Crippen molar-refractivity contribution in [2.24, 2.45) is 40.9 Å². The third-order valence-electron chi connectivity index (χ3n) is 9.62. The lowest BCUT2D eigenvalue weighted by molar-refractivity contribution is -0.151. The summed E-state index contributed by atoms with van der Waals surface area (Å²) < 4.78 is 14.9. The predicted molar refractivity (Wildman–Crippen MR) is 130 cm³/mol. The van der Waals surface area contributed by atoms with Gasteiger partial charge < -0.3 is 14.2 Å². The standard InChI is InChI=1S/C28H33NO9/c1-13-18-20-15(21-19(13)24(32)29(25(21)33)12-17(30)36-2)10-14(26(34)37-3)11-16(27(35)38-4)22(20)28(23(18)31)8-6-5-7-9-28/h11,13,15-16,19,21-22H,5-10,12H2,1-4H3/t13-,15+,16+,19-,21+,22?/m0/s1. The van der Waals surface area contributed by atoms with Gasteiger partial charge in [0.2, 0.25) is 11.8 Å². The van der Waals surface area contributed by atoms with Crippen molar-refractivity contribution in [2.75, 3.05) is 27.9 Å². The van der Waals surface area contributed by atoms with Gasteiger partial charge in [0.1, 0.15) is 6.54 Å². The first kappa shape index (κ1) is 26.3. The maximum absolute atomic E-state index is 14.4. The molecule has 0 N–H and O–H groups in total. The highest BCUT2D eigenvalue weighted by Crippen LogP contribution is 2.65. The van der Waals surface area contributed by atoms with Crippen molar-refractivity contribution in [1.29, 1.82) is 0 Å². The number of allylic oxidation sites excluding steroid dienone is 2. The number of Topliss-reactive ketones (excluding diaryl/α,β-unsaturated/α-hetero) is 1. The van der Waals surface area contributed by atoms with Gasteiger partial charge in [-0.25, -0.2) is 4.79 Å². The van der Waals surface area contributed by atoms with Crippen molar-refractivity contribution in [3.8, 4) is 0 Å². The van der Waals surface area contributed by atoms with Crippen LogP contribution in [0.3, 0.4) is 0 Å². The zero-order valence-electron chi connectivity index (χ0n) is 22.1. The molecule has 204 valence electrons. The molecule has 2 amide bonds. The molecule has 4 aliphatic carbocycles. The summed E-state index contributed by atoms with van der Waals surface area (Å²) in [6.45, 7) is 1.27. The molecule has 1 heterocycles. The van der Waals surface area contributed by atoms with Crippen LogP contribution in [0.15, 0.2) is 22.8 Å². The Bertz CT molecular complexity index is 1190. The van der Waals surface area contributed by atoms with E-state index in [9.17, 15) is 28.8 Å². The molecule has 1 saturated heterocycles. The third-order valence-corrected chi connectivity index (χ3v) is 9.62. The smallest absolute Gasteiger partial charge is 0.333 e. The second-order valence-corrected chi connectivity index (χ2v) is 11.1. The molecule has 0 aromatic heterocycles. The second kappa shape index (κ2) is 9.47. The van der Waals surface area contributed by atoms with E-state index >= 15 is 0 Å². The number of amides is 2. The molecule has 1 saturated carbocycles. The first-order valence-corrected chi connectivity index (χ1v) is 13.2. The molecule has 0 aromatic rings. The molecule has 10 heteroatoms. The van der Waals surface area contributed by atoms with Crippen molar-refractivity contribution >= 4 is 35.5 Å². The zero-order valence-corrected chi connectivity index (χ0v) is 22.1. The number of imide groups is 1. The zero-order chi connectivity index (χ0) is 27.5. The summed E-state index contributed by atoms with van der Waals surface area (Å²) in [5, 5.41) is 0. The number of carbonyl (C=O) groups is 6. The van der Waals surface area contributed by atoms with Gasteiger partial charge in [0.25, 0.3) is 0 Å². The van der Waals surface area contributed by atoms with E-state index in [0.29, 0.717) is 24.0 Å². The van der Waals surface area contributed by atoms with Gasteiger partial charge in [-0.1, -0.05) is 37.8 Å². The van der Waals surface area contributed by atoms with Gasteiger partial charge in [0, 0.05) is 16.9 Å². The number of methoxy groups -OCH3 is 3. The summed E-state index contributed by atoms with van der Waals surface area (Å²) in [7, 11) is 3.70. The Kier molecular flexibility index (Phi) is 6.55. The van der Waals surface area contributed by atoms with Crippen molar-refractivity contribution in [1.82, 2.24) is 4.90 Å². The largest absolute Gasteiger partial charge is 0.469 e. The average Bonchev–Trinajstić information content (AvgIpc) is 3.21. The lowest BCUT2D eigenvalue weighted by Gasteiger charge is -2.42. The fourth-order valence-corrected chi connectivity index (χ4v) is 8.09. The van der Waals surface area contributed by atoms with Gasteiger partial charge in [0.15, 0.2) is 5.78 Å². The number of esters is 3. The number of hydrogen-bond donors (Lipinski definition) is 0. The molecule has 10 nitrogen and oxygen atoms in total. The van der Waals surface area contributed by atoms with Crippen LogP contribution in [0.4, 0.5) is 0 Å². The van der Waals surface area contributed by atoms with Crippen molar-refractivity contribution < 1.29 is 43.0 Å². The topological polar surface area (TPSA) is 133 Å². The van der Waals surface area contributed by atoms with E-state index in [1.54, 1.807) is 13.0 Å². The van der Waals surface area contributed by atoms with Crippen molar-refractivity contribution in [3.05, 3.63) is 22.8 Å². The molecule has 5 aliphatic rings. The summed E-state index contributed by atoms with van der Waals surface area (Å²) in [4.78, 5) is 80.9. The molecule has 5 rings (SSSR count). The van der Waals surface area contributed by atoms with Crippen LogP contribution in [0.5, 0.6) is 0 Å². The highest BCUT2D eigenvalue weighted by Gasteiger charge is 2.67. The SMILES string of the molecule is COC(=O)CN1C(=O)[C@@H]2[C@H](C1=O)[C@@H]1CC(C(=O)OC)=C[C@@H](C(=O)OC)C3C1=C(C(=O)C31CCCCC1)[C@@H]2C. The normalized spacial score (nSPS) is 33.4. The molecule has 2 fully saturated rings. The van der Waals surface area contributed by atoms with E-state index in [2.05, 4.69) is 0 Å². The highest BCUT2D eigenvalue weighted by molar-refractivity contribution is 6.12. The van der Waals surface area contributed by atoms with Crippen LogP contribution in [-0.2, 0) is 43.0 Å². The minimum Gasteiger partial charge on any atom is -0.469 e. The van der Waals surface area contributed by atoms with Gasteiger partial charge in [0.05, 0.1) is 39.1 Å². The van der Waals surface area contributed by atoms with Crippen LogP contribution in [0.25, 0.3) is 0 Å². The van der Waals surface area contributed by atoms with E-state index in [1.807, 2.05) is 0 Å². The molecule has 1 spiro atoms. The van der Waals surface area contributed by atoms with Crippen molar-refractivity contribution in [2.45, 2.75) is 45.4 Å². The minimum atomic E-state index is -0.907. The number of carbonyl (C=O) groups excluding carboxylic acids is 6. The lowest BCUT2D eigenvalue weighted by Crippen LogP contribution is -2.43. The fraction of sp³-hybridized carbons (Fsp3) is 0.643. The average molecular weight is 528 g/mol. The number of likely N-dealkylation sites (tertiary alicyclic amines) is 1. The number of hydrogen-bond acceptors (Lipinski definition) is 9. The van der Waals surface area contributed by atoms with E-state index in [4.69, 9.17) is 14.2 Å². The van der Waals surface area contributed by atoms with Crippen LogP contribution in [0.2, 0.25) is 0 Å². The molecule has 0 bridgehead atoms. The molecule has 38 heavy (non-hydrogen) atoms. The Balaban J connectivity index is 1.72. The molecule has 1 aliphatic heterocycles. The summed E-state index contributed by atoms with van der Waals surface area (Å²) in [5.74, 6) is -7.47. The summed E-state index contributed by atoms with van der Waals surface area (Å²) in [5.41, 5.74) is 0.578. The number of rotatable bonds is 4. The molecule has 0 aromatic carbocycles. The first-order valence-electron chi connectivity index (χ1n) is 13.2. The summed E-state index contributed by atoms with van der Waals surface area (Å²) in [6.07, 6.45) is 5.39. The summed E-state index contributed by atoms with van der Waals surface area (Å²) >= 11 is 0. The monoisotopic (exact) mass is 527 g/mol. The second-order valence-electron chi connectivity index (χ2n) is 11.1. The van der Waals surface area contributed by atoms with Crippen LogP contribution in [0.1, 0.15) is 45.4 Å². The molecular weight excluding hydrogens is 494 g/mol. The van der Waals surface area contributed by atoms with Crippen LogP contribution < -0.4 is 0 Å². The number of ketones is 1. The summed E-state index contributed by atoms with van der Waals surface area (Å²) in [6, 6.07) is 0. The molecule has 0 radical (unpaired) electrons. The minimum absolute atomic E-state index is 0.0395. The van der Waals surface area contributed by atoms with E-state index < -0.39 is 77.2 Å². The Labute approximate surface area is 220 Å². The maximum Gasteiger partial charge on any atom is 0.333 e. The molecular formula is C28H33NO9. The number of nitrogens with zero attached hydrogens (tertiary/aromatic N) is 1. The Morgan fingerprint density at radius 2 is 1.61 bits per heavy atom. The third kappa shape index (κ3) is 3.51. The van der Waals surface area contributed by atoms with Crippen LogP contribution in [-0.4, -0.2) is 68.3 Å². The van der Waals surface area contributed by atoms with E-state index in [1.165, 1.54) is 21.3 Å². The first-order chi connectivity index (χ1) is 18.1. The van der Waals surface area contributed by atoms with Gasteiger partial charge in [-0.3, -0.25) is 28.9 Å². The van der Waals surface area contributed by atoms with Gasteiger partial charge in [-0.05, 0) is 36.7 Å². The lowest BCUT2D eigenvalue weighted by atomic mass is 9.59. The van der Waals surface area contributed by atoms with E-state index in [0.717, 1.165) is 24.2 Å². The quantitative estimate of drug-likeness (QED) is 0.305. The highest BCUT2D eigenvalue weighted by atomic mass is 16.5.